The molecular formula is C17H26N2O. The van der Waals surface area contributed by atoms with Gasteiger partial charge in [0.15, 0.2) is 0 Å². The number of aromatic hydroxyl groups is 1. The summed E-state index contributed by atoms with van der Waals surface area (Å²) in [5.41, 5.74) is 2.70. The van der Waals surface area contributed by atoms with Gasteiger partial charge in [0.25, 0.3) is 0 Å². The molecule has 1 aromatic rings. The molecule has 0 amide bonds. The number of fused-ring (bicyclic) bond motifs is 1. The topological polar surface area (TPSA) is 35.5 Å². The molecule has 3 heteroatoms. The number of likely N-dealkylation sites (N-methyl/N-ethyl adjacent to an activating group) is 1. The number of phenolic OH excluding ortho intramolecular Hbond substituents is 1. The summed E-state index contributed by atoms with van der Waals surface area (Å²) in [6.45, 7) is 3.32. The molecule has 0 spiro atoms. The van der Waals surface area contributed by atoms with Gasteiger partial charge in [-0.05, 0) is 69.3 Å². The third-order valence-electron chi connectivity index (χ3n) is 4.92. The first-order chi connectivity index (χ1) is 9.65. The van der Waals surface area contributed by atoms with Crippen LogP contribution in [0, 0.1) is 0 Å². The van der Waals surface area contributed by atoms with E-state index in [1.807, 2.05) is 12.1 Å². The molecule has 1 aromatic carbocycles. The highest BCUT2D eigenvalue weighted by atomic mass is 16.3. The van der Waals surface area contributed by atoms with Crippen molar-refractivity contribution < 1.29 is 5.11 Å². The predicted octanol–water partition coefficient (Wildman–Crippen LogP) is 2.84. The molecular weight excluding hydrogens is 248 g/mol. The Morgan fingerprint density at radius 3 is 2.90 bits per heavy atom. The summed E-state index contributed by atoms with van der Waals surface area (Å²) in [7, 11) is 2.24. The molecule has 2 N–H and O–H groups in total. The number of rotatable bonds is 5. The van der Waals surface area contributed by atoms with E-state index in [0.717, 1.165) is 19.0 Å². The first-order valence-electron chi connectivity index (χ1n) is 7.92. The van der Waals surface area contributed by atoms with Crippen LogP contribution >= 0.6 is 0 Å². The zero-order valence-electron chi connectivity index (χ0n) is 12.6. The highest BCUT2D eigenvalue weighted by Gasteiger charge is 2.29. The van der Waals surface area contributed by atoms with Gasteiger partial charge in [-0.3, -0.25) is 4.90 Å². The maximum atomic E-state index is 9.72. The summed E-state index contributed by atoms with van der Waals surface area (Å²) in [6.07, 6.45) is 6.28. The standard InChI is InChI=1S/C17H26N2O/c1-12(19(2)14-7-8-14)11-18-17-5-3-4-13-6-9-15(20)10-16(13)17/h6,9-10,12,14,17-18,20H,3-5,7-8,11H2,1-2H3. The average Bonchev–Trinajstić information content (AvgIpc) is 3.28. The van der Waals surface area contributed by atoms with Crippen LogP contribution < -0.4 is 5.32 Å². The van der Waals surface area contributed by atoms with Gasteiger partial charge in [0, 0.05) is 24.7 Å². The molecule has 0 radical (unpaired) electrons. The van der Waals surface area contributed by atoms with Gasteiger partial charge in [0.2, 0.25) is 0 Å². The van der Waals surface area contributed by atoms with Crippen LogP contribution in [-0.2, 0) is 6.42 Å². The van der Waals surface area contributed by atoms with E-state index < -0.39 is 0 Å². The molecule has 1 fully saturated rings. The molecule has 2 aliphatic carbocycles. The van der Waals surface area contributed by atoms with E-state index in [1.165, 1.54) is 36.8 Å². The lowest BCUT2D eigenvalue weighted by molar-refractivity contribution is 0.233. The second-order valence-electron chi connectivity index (χ2n) is 6.48. The molecule has 2 atom stereocenters. The highest BCUT2D eigenvalue weighted by molar-refractivity contribution is 5.38. The summed E-state index contributed by atoms with van der Waals surface area (Å²) in [5.74, 6) is 0.389. The van der Waals surface area contributed by atoms with E-state index >= 15 is 0 Å². The van der Waals surface area contributed by atoms with Crippen molar-refractivity contribution in [2.75, 3.05) is 13.6 Å². The van der Waals surface area contributed by atoms with E-state index in [1.54, 1.807) is 0 Å². The Morgan fingerprint density at radius 1 is 1.35 bits per heavy atom. The molecule has 1 saturated carbocycles. The van der Waals surface area contributed by atoms with Gasteiger partial charge in [-0.15, -0.1) is 0 Å². The minimum atomic E-state index is 0.389. The fourth-order valence-electron chi connectivity index (χ4n) is 3.30. The largest absolute Gasteiger partial charge is 0.508 e. The van der Waals surface area contributed by atoms with Crippen LogP contribution in [0.3, 0.4) is 0 Å². The van der Waals surface area contributed by atoms with Crippen molar-refractivity contribution in [3.8, 4) is 5.75 Å². The normalized spacial score (nSPS) is 23.6. The van der Waals surface area contributed by atoms with E-state index in [2.05, 4.69) is 30.3 Å². The number of nitrogens with one attached hydrogen (secondary N) is 1. The fourth-order valence-corrected chi connectivity index (χ4v) is 3.30. The first-order valence-corrected chi connectivity index (χ1v) is 7.92. The zero-order chi connectivity index (χ0) is 14.1. The van der Waals surface area contributed by atoms with Crippen LogP contribution in [0.2, 0.25) is 0 Å². The number of hydrogen-bond donors (Lipinski definition) is 2. The molecule has 2 aliphatic rings. The Labute approximate surface area is 122 Å². The van der Waals surface area contributed by atoms with E-state index in [-0.39, 0.29) is 0 Å². The molecule has 20 heavy (non-hydrogen) atoms. The molecule has 3 rings (SSSR count). The van der Waals surface area contributed by atoms with Crippen molar-refractivity contribution in [3.63, 3.8) is 0 Å². The molecule has 110 valence electrons. The van der Waals surface area contributed by atoms with Crippen molar-refractivity contribution in [2.45, 2.75) is 57.2 Å². The third-order valence-corrected chi connectivity index (χ3v) is 4.92. The van der Waals surface area contributed by atoms with Crippen molar-refractivity contribution >= 4 is 0 Å². The number of benzene rings is 1. The van der Waals surface area contributed by atoms with Crippen LogP contribution in [0.1, 0.15) is 49.8 Å². The summed E-state index contributed by atoms with van der Waals surface area (Å²) in [5, 5.41) is 13.4. The van der Waals surface area contributed by atoms with E-state index in [9.17, 15) is 5.11 Å². The lowest BCUT2D eigenvalue weighted by atomic mass is 9.87. The van der Waals surface area contributed by atoms with Crippen LogP contribution in [0.25, 0.3) is 0 Å². The van der Waals surface area contributed by atoms with Gasteiger partial charge < -0.3 is 10.4 Å². The van der Waals surface area contributed by atoms with E-state index in [0.29, 0.717) is 17.8 Å². The van der Waals surface area contributed by atoms with Gasteiger partial charge in [-0.2, -0.15) is 0 Å². The average molecular weight is 274 g/mol. The first kappa shape index (κ1) is 13.9. The minimum Gasteiger partial charge on any atom is -0.508 e. The highest BCUT2D eigenvalue weighted by Crippen LogP contribution is 2.32. The Morgan fingerprint density at radius 2 is 2.15 bits per heavy atom. The van der Waals surface area contributed by atoms with Crippen LogP contribution in [0.5, 0.6) is 5.75 Å². The van der Waals surface area contributed by atoms with Gasteiger partial charge in [-0.1, -0.05) is 6.07 Å². The van der Waals surface area contributed by atoms with Crippen LogP contribution in [0.15, 0.2) is 18.2 Å². The van der Waals surface area contributed by atoms with Crippen molar-refractivity contribution in [3.05, 3.63) is 29.3 Å². The Kier molecular flexibility index (Phi) is 3.99. The lowest BCUT2D eigenvalue weighted by Crippen LogP contribution is -2.40. The Balaban J connectivity index is 1.62. The SMILES string of the molecule is CC(CNC1CCCc2ccc(O)cc21)N(C)C1CC1. The van der Waals surface area contributed by atoms with E-state index in [4.69, 9.17) is 0 Å². The molecule has 0 aliphatic heterocycles. The van der Waals surface area contributed by atoms with Crippen molar-refractivity contribution in [1.29, 1.82) is 0 Å². The quantitative estimate of drug-likeness (QED) is 0.866. The zero-order valence-corrected chi connectivity index (χ0v) is 12.6. The Hall–Kier alpha value is -1.06. The molecule has 2 unspecified atom stereocenters. The van der Waals surface area contributed by atoms with Crippen molar-refractivity contribution in [2.24, 2.45) is 0 Å². The summed E-state index contributed by atoms with van der Waals surface area (Å²) in [6, 6.07) is 7.63. The number of nitrogens with zero attached hydrogens (tertiary/aromatic N) is 1. The van der Waals surface area contributed by atoms with Crippen LogP contribution in [0.4, 0.5) is 0 Å². The van der Waals surface area contributed by atoms with Gasteiger partial charge in [0.05, 0.1) is 0 Å². The molecule has 0 bridgehead atoms. The second kappa shape index (κ2) is 5.74. The number of aryl methyl sites for hydroxylation is 1. The molecule has 0 aromatic heterocycles. The maximum Gasteiger partial charge on any atom is 0.115 e. The molecule has 3 nitrogen and oxygen atoms in total. The van der Waals surface area contributed by atoms with Crippen LogP contribution in [-0.4, -0.2) is 35.7 Å². The predicted molar refractivity (Wildman–Crippen MR) is 82.0 cm³/mol. The third kappa shape index (κ3) is 2.99. The molecule has 0 heterocycles. The lowest BCUT2D eigenvalue weighted by Gasteiger charge is -2.30. The fraction of sp³-hybridized carbons (Fsp3) is 0.647. The van der Waals surface area contributed by atoms with Gasteiger partial charge in [-0.25, -0.2) is 0 Å². The molecule has 0 saturated heterocycles. The maximum absolute atomic E-state index is 9.72. The summed E-state index contributed by atoms with van der Waals surface area (Å²) >= 11 is 0. The minimum absolute atomic E-state index is 0.389. The number of hydrogen-bond acceptors (Lipinski definition) is 3. The number of phenols is 1. The smallest absolute Gasteiger partial charge is 0.115 e. The second-order valence-corrected chi connectivity index (χ2v) is 6.48. The van der Waals surface area contributed by atoms with Gasteiger partial charge in [0.1, 0.15) is 5.75 Å². The monoisotopic (exact) mass is 274 g/mol. The van der Waals surface area contributed by atoms with Gasteiger partial charge >= 0.3 is 0 Å². The summed E-state index contributed by atoms with van der Waals surface area (Å²) in [4.78, 5) is 2.50. The van der Waals surface area contributed by atoms with Crippen molar-refractivity contribution in [1.82, 2.24) is 10.2 Å². The Bertz CT molecular complexity index is 470. The summed E-state index contributed by atoms with van der Waals surface area (Å²) < 4.78 is 0.